The first kappa shape index (κ1) is 10.6. The molecule has 0 amide bonds. The van der Waals surface area contributed by atoms with Crippen molar-refractivity contribution in [1.82, 2.24) is 9.97 Å². The number of nitrogens with one attached hydrogen (secondary N) is 1. The molecule has 16 heavy (non-hydrogen) atoms. The third-order valence-corrected chi connectivity index (χ3v) is 1.97. The maximum absolute atomic E-state index is 12.8. The molecule has 2 aromatic rings. The molecule has 1 N–H and O–H groups in total. The summed E-state index contributed by atoms with van der Waals surface area (Å²) < 4.78 is 50.3. The van der Waals surface area contributed by atoms with Crippen LogP contribution in [0.1, 0.15) is 5.69 Å². The number of aromatic nitrogens is 2. The molecule has 84 valence electrons. The van der Waals surface area contributed by atoms with E-state index in [0.29, 0.717) is 0 Å². The van der Waals surface area contributed by atoms with Crippen LogP contribution in [-0.4, -0.2) is 9.97 Å². The van der Waals surface area contributed by atoms with Crippen molar-refractivity contribution in [1.29, 1.82) is 0 Å². The molecule has 0 aliphatic rings. The maximum Gasteiger partial charge on any atom is 0.432 e. The Labute approximate surface area is 85.7 Å². The second-order valence-corrected chi connectivity index (χ2v) is 3.08. The number of fused-ring (bicyclic) bond motifs is 1. The second kappa shape index (κ2) is 3.29. The van der Waals surface area contributed by atoms with Gasteiger partial charge in [-0.2, -0.15) is 18.2 Å². The lowest BCUT2D eigenvalue weighted by Crippen LogP contribution is -2.19. The number of benzene rings is 1. The van der Waals surface area contributed by atoms with Crippen molar-refractivity contribution in [2.24, 2.45) is 0 Å². The van der Waals surface area contributed by atoms with Crippen LogP contribution in [0.2, 0.25) is 0 Å². The van der Waals surface area contributed by atoms with E-state index in [0.717, 1.165) is 18.2 Å². The topological polar surface area (TPSA) is 45.8 Å². The third-order valence-electron chi connectivity index (χ3n) is 1.97. The summed E-state index contributed by atoms with van der Waals surface area (Å²) in [4.78, 5) is 15.7. The lowest BCUT2D eigenvalue weighted by molar-refractivity contribution is -0.140. The van der Waals surface area contributed by atoms with Crippen LogP contribution in [0.25, 0.3) is 10.9 Å². The fraction of sp³-hybridized carbons (Fsp3) is 0.111. The highest BCUT2D eigenvalue weighted by molar-refractivity contribution is 5.81. The predicted molar refractivity (Wildman–Crippen MR) is 47.3 cm³/mol. The molecule has 1 aromatic heterocycles. The maximum atomic E-state index is 12.8. The van der Waals surface area contributed by atoms with Gasteiger partial charge in [0.1, 0.15) is 11.5 Å². The summed E-state index contributed by atoms with van der Waals surface area (Å²) in [6, 6.07) is 2.58. The molecule has 0 spiro atoms. The average Bonchev–Trinajstić information content (AvgIpc) is 2.14. The minimum Gasteiger partial charge on any atom is -0.301 e. The van der Waals surface area contributed by atoms with Gasteiger partial charge in [0.15, 0.2) is 0 Å². The van der Waals surface area contributed by atoms with Crippen LogP contribution in [0.3, 0.4) is 0 Å². The first-order valence-electron chi connectivity index (χ1n) is 4.15. The fourth-order valence-corrected chi connectivity index (χ4v) is 1.34. The van der Waals surface area contributed by atoms with Crippen molar-refractivity contribution in [3.05, 3.63) is 40.2 Å². The molecule has 0 aliphatic carbocycles. The van der Waals surface area contributed by atoms with Gasteiger partial charge in [-0.25, -0.2) is 9.18 Å². The van der Waals surface area contributed by atoms with E-state index in [2.05, 4.69) is 4.98 Å². The summed E-state index contributed by atoms with van der Waals surface area (Å²) in [6.45, 7) is 0. The molecule has 1 aromatic carbocycles. The number of H-pyrrole nitrogens is 1. The van der Waals surface area contributed by atoms with E-state index in [1.54, 1.807) is 4.98 Å². The van der Waals surface area contributed by atoms with Crippen LogP contribution >= 0.6 is 0 Å². The second-order valence-electron chi connectivity index (χ2n) is 3.08. The molecular weight excluding hydrogens is 228 g/mol. The molecule has 0 aliphatic heterocycles. The number of nitrogens with zero attached hydrogens (tertiary/aromatic N) is 1. The van der Waals surface area contributed by atoms with Crippen LogP contribution in [0.15, 0.2) is 23.0 Å². The van der Waals surface area contributed by atoms with E-state index in [1.165, 1.54) is 0 Å². The Morgan fingerprint density at radius 3 is 2.56 bits per heavy atom. The van der Waals surface area contributed by atoms with Gasteiger partial charge < -0.3 is 4.98 Å². The van der Waals surface area contributed by atoms with Crippen LogP contribution < -0.4 is 5.69 Å². The molecule has 0 atom stereocenters. The van der Waals surface area contributed by atoms with E-state index >= 15 is 0 Å². The van der Waals surface area contributed by atoms with Gasteiger partial charge in [-0.15, -0.1) is 0 Å². The van der Waals surface area contributed by atoms with Gasteiger partial charge in [-0.1, -0.05) is 0 Å². The third kappa shape index (κ3) is 1.75. The first-order valence-corrected chi connectivity index (χ1v) is 4.15. The van der Waals surface area contributed by atoms with Gasteiger partial charge in [0.05, 0.1) is 5.52 Å². The Balaban J connectivity index is 2.89. The van der Waals surface area contributed by atoms with E-state index in [1.807, 2.05) is 0 Å². The molecule has 0 bridgehead atoms. The van der Waals surface area contributed by atoms with Gasteiger partial charge in [0, 0.05) is 11.5 Å². The summed E-state index contributed by atoms with van der Waals surface area (Å²) in [5.41, 5.74) is -2.70. The van der Waals surface area contributed by atoms with Crippen molar-refractivity contribution in [2.75, 3.05) is 0 Å². The average molecular weight is 232 g/mol. The van der Waals surface area contributed by atoms with Gasteiger partial charge in [-0.05, 0) is 12.1 Å². The van der Waals surface area contributed by atoms with Gasteiger partial charge in [-0.3, -0.25) is 0 Å². The Kier molecular flexibility index (Phi) is 2.18. The highest BCUT2D eigenvalue weighted by atomic mass is 19.4. The quantitative estimate of drug-likeness (QED) is 0.707. The minimum absolute atomic E-state index is 0.323. The molecule has 2 rings (SSSR count). The highest BCUT2D eigenvalue weighted by Gasteiger charge is 2.34. The summed E-state index contributed by atoms with van der Waals surface area (Å²) in [7, 11) is 0. The molecule has 3 nitrogen and oxygen atoms in total. The highest BCUT2D eigenvalue weighted by Crippen LogP contribution is 2.31. The van der Waals surface area contributed by atoms with E-state index in [9.17, 15) is 22.4 Å². The Morgan fingerprint density at radius 1 is 1.25 bits per heavy atom. The van der Waals surface area contributed by atoms with Crippen molar-refractivity contribution >= 4 is 10.9 Å². The lowest BCUT2D eigenvalue weighted by atomic mass is 10.2. The largest absolute Gasteiger partial charge is 0.432 e. The Hall–Kier alpha value is -1.92. The molecule has 0 fully saturated rings. The van der Waals surface area contributed by atoms with Crippen molar-refractivity contribution < 1.29 is 17.6 Å². The molecule has 0 radical (unpaired) electrons. The van der Waals surface area contributed by atoms with Gasteiger partial charge in [0.25, 0.3) is 0 Å². The molecule has 7 heteroatoms. The van der Waals surface area contributed by atoms with Crippen LogP contribution in [0, 0.1) is 5.82 Å². The first-order chi connectivity index (χ1) is 7.38. The molecule has 1 heterocycles. The summed E-state index contributed by atoms with van der Waals surface area (Å²) in [5.74, 6) is -0.751. The van der Waals surface area contributed by atoms with Crippen LogP contribution in [-0.2, 0) is 6.18 Å². The number of hydrogen-bond acceptors (Lipinski definition) is 2. The number of alkyl halides is 3. The smallest absolute Gasteiger partial charge is 0.301 e. The zero-order chi connectivity index (χ0) is 11.9. The van der Waals surface area contributed by atoms with Crippen molar-refractivity contribution in [3.8, 4) is 0 Å². The fourth-order valence-electron chi connectivity index (χ4n) is 1.34. The minimum atomic E-state index is -4.71. The van der Waals surface area contributed by atoms with E-state index < -0.39 is 23.4 Å². The monoisotopic (exact) mass is 232 g/mol. The number of aromatic amines is 1. The zero-order valence-corrected chi connectivity index (χ0v) is 7.60. The standard InChI is InChI=1S/C9H4F4N2O/c10-4-1-2-5-6(3-4)14-8(16)15-7(5)9(11,12)13/h1-3H,(H,14,15,16). The molecule has 0 unspecified atom stereocenters. The van der Waals surface area contributed by atoms with Crippen molar-refractivity contribution in [2.45, 2.75) is 6.18 Å². The van der Waals surface area contributed by atoms with Gasteiger partial charge >= 0.3 is 11.9 Å². The van der Waals surface area contributed by atoms with E-state index in [4.69, 9.17) is 0 Å². The molecule has 0 saturated carbocycles. The summed E-state index contributed by atoms with van der Waals surface area (Å²) in [6.07, 6.45) is -4.71. The predicted octanol–water partition coefficient (Wildman–Crippen LogP) is 2.08. The lowest BCUT2D eigenvalue weighted by Gasteiger charge is -2.08. The summed E-state index contributed by atoms with van der Waals surface area (Å²) >= 11 is 0. The summed E-state index contributed by atoms with van der Waals surface area (Å²) in [5, 5.41) is -0.339. The van der Waals surface area contributed by atoms with Gasteiger partial charge in [0.2, 0.25) is 0 Å². The number of rotatable bonds is 0. The Morgan fingerprint density at radius 2 is 1.94 bits per heavy atom. The van der Waals surface area contributed by atoms with Crippen molar-refractivity contribution in [3.63, 3.8) is 0 Å². The molecular formula is C9H4F4N2O. The van der Waals surface area contributed by atoms with Crippen LogP contribution in [0.4, 0.5) is 17.6 Å². The Bertz CT molecular complexity index is 602. The normalized spacial score (nSPS) is 12.0. The van der Waals surface area contributed by atoms with Crippen LogP contribution in [0.5, 0.6) is 0 Å². The number of hydrogen-bond donors (Lipinski definition) is 1. The molecule has 0 saturated heterocycles. The number of halogens is 4. The SMILES string of the molecule is O=c1nc2cc(F)ccc2c(C(F)(F)F)[nH]1. The van der Waals surface area contributed by atoms with E-state index in [-0.39, 0.29) is 10.9 Å². The zero-order valence-electron chi connectivity index (χ0n) is 7.60.